The minimum Gasteiger partial charge on any atom is -0.481 e. The molecule has 0 saturated heterocycles. The van der Waals surface area contributed by atoms with E-state index in [1.807, 2.05) is 0 Å². The Bertz CT molecular complexity index is 402. The number of carboxylic acid groups (broad SMARTS) is 1. The predicted molar refractivity (Wildman–Crippen MR) is 56.4 cm³/mol. The molecule has 0 aromatic heterocycles. The highest BCUT2D eigenvalue weighted by Gasteiger charge is 2.14. The molecule has 88 valence electrons. The standard InChI is InChI=1S/C12H14F2O2/c1-7(3-4-12(15)16)9-6-10(13)8(2)5-11(9)14/h5-7H,3-4H2,1-2H3,(H,15,16). The molecule has 0 amide bonds. The van der Waals surface area contributed by atoms with Crippen LogP contribution in [0.1, 0.15) is 36.8 Å². The molecule has 0 aliphatic carbocycles. The summed E-state index contributed by atoms with van der Waals surface area (Å²) in [7, 11) is 0. The highest BCUT2D eigenvalue weighted by atomic mass is 19.1. The van der Waals surface area contributed by atoms with Crippen LogP contribution in [0.5, 0.6) is 0 Å². The van der Waals surface area contributed by atoms with E-state index < -0.39 is 17.6 Å². The fourth-order valence-electron chi connectivity index (χ4n) is 1.53. The monoisotopic (exact) mass is 228 g/mol. The molecule has 1 aromatic carbocycles. The molecular formula is C12H14F2O2. The highest BCUT2D eigenvalue weighted by Crippen LogP contribution is 2.25. The molecule has 1 unspecified atom stereocenters. The summed E-state index contributed by atoms with van der Waals surface area (Å²) in [6, 6.07) is 2.29. The lowest BCUT2D eigenvalue weighted by molar-refractivity contribution is -0.137. The van der Waals surface area contributed by atoms with Crippen LogP contribution in [0.2, 0.25) is 0 Å². The van der Waals surface area contributed by atoms with Crippen LogP contribution in [-0.4, -0.2) is 11.1 Å². The van der Waals surface area contributed by atoms with Crippen LogP contribution in [0.3, 0.4) is 0 Å². The van der Waals surface area contributed by atoms with Crippen molar-refractivity contribution >= 4 is 5.97 Å². The maximum atomic E-state index is 13.5. The maximum Gasteiger partial charge on any atom is 0.303 e. The summed E-state index contributed by atoms with van der Waals surface area (Å²) in [5.41, 5.74) is 0.496. The second kappa shape index (κ2) is 5.05. The predicted octanol–water partition coefficient (Wildman–Crippen LogP) is 3.24. The van der Waals surface area contributed by atoms with Crippen molar-refractivity contribution in [3.8, 4) is 0 Å². The van der Waals surface area contributed by atoms with E-state index in [1.54, 1.807) is 6.92 Å². The molecule has 0 bridgehead atoms. The third-order valence-electron chi connectivity index (χ3n) is 2.60. The molecule has 0 saturated carbocycles. The highest BCUT2D eigenvalue weighted by molar-refractivity contribution is 5.66. The Kier molecular flexibility index (Phi) is 3.99. The van der Waals surface area contributed by atoms with Crippen LogP contribution in [-0.2, 0) is 4.79 Å². The van der Waals surface area contributed by atoms with Crippen molar-refractivity contribution < 1.29 is 18.7 Å². The molecule has 0 aliphatic rings. The second-order valence-electron chi connectivity index (χ2n) is 3.96. The normalized spacial score (nSPS) is 12.5. The Morgan fingerprint density at radius 2 is 2.00 bits per heavy atom. The topological polar surface area (TPSA) is 37.3 Å². The zero-order chi connectivity index (χ0) is 12.3. The Hall–Kier alpha value is -1.45. The van der Waals surface area contributed by atoms with E-state index in [4.69, 9.17) is 5.11 Å². The van der Waals surface area contributed by atoms with Gasteiger partial charge in [0, 0.05) is 6.42 Å². The van der Waals surface area contributed by atoms with Crippen LogP contribution in [0, 0.1) is 18.6 Å². The number of hydrogen-bond donors (Lipinski definition) is 1. The molecule has 1 N–H and O–H groups in total. The first-order chi connectivity index (χ1) is 7.41. The van der Waals surface area contributed by atoms with Gasteiger partial charge in [-0.15, -0.1) is 0 Å². The van der Waals surface area contributed by atoms with Crippen molar-refractivity contribution in [1.29, 1.82) is 0 Å². The Morgan fingerprint density at radius 1 is 1.38 bits per heavy atom. The largest absolute Gasteiger partial charge is 0.481 e. The van der Waals surface area contributed by atoms with E-state index in [-0.39, 0.29) is 23.5 Å². The Morgan fingerprint density at radius 3 is 2.56 bits per heavy atom. The van der Waals surface area contributed by atoms with Crippen LogP contribution in [0.15, 0.2) is 12.1 Å². The molecular weight excluding hydrogens is 214 g/mol. The van der Waals surface area contributed by atoms with Gasteiger partial charge < -0.3 is 5.11 Å². The summed E-state index contributed by atoms with van der Waals surface area (Å²) in [6.07, 6.45) is 0.255. The van der Waals surface area contributed by atoms with Crippen LogP contribution in [0.25, 0.3) is 0 Å². The number of carboxylic acids is 1. The van der Waals surface area contributed by atoms with Gasteiger partial charge in [0.1, 0.15) is 11.6 Å². The summed E-state index contributed by atoms with van der Waals surface area (Å²) in [4.78, 5) is 10.4. The average molecular weight is 228 g/mol. The van der Waals surface area contributed by atoms with Crippen molar-refractivity contribution in [2.24, 2.45) is 0 Å². The lowest BCUT2D eigenvalue weighted by Gasteiger charge is -2.12. The Labute approximate surface area is 92.9 Å². The third kappa shape index (κ3) is 3.02. The minimum atomic E-state index is -0.931. The second-order valence-corrected chi connectivity index (χ2v) is 3.96. The SMILES string of the molecule is Cc1cc(F)c(C(C)CCC(=O)O)cc1F. The molecule has 0 radical (unpaired) electrons. The van der Waals surface area contributed by atoms with Crippen LogP contribution in [0.4, 0.5) is 8.78 Å². The summed E-state index contributed by atoms with van der Waals surface area (Å²) in [6.45, 7) is 3.18. The molecule has 1 aromatic rings. The third-order valence-corrected chi connectivity index (χ3v) is 2.60. The van der Waals surface area contributed by atoms with Crippen LogP contribution < -0.4 is 0 Å². The molecule has 0 fully saturated rings. The lowest BCUT2D eigenvalue weighted by Crippen LogP contribution is -2.03. The lowest BCUT2D eigenvalue weighted by atomic mass is 9.94. The number of carbonyl (C=O) groups is 1. The summed E-state index contributed by atoms with van der Waals surface area (Å²) >= 11 is 0. The van der Waals surface area contributed by atoms with Crippen LogP contribution >= 0.6 is 0 Å². The van der Waals surface area contributed by atoms with Gasteiger partial charge >= 0.3 is 5.97 Å². The van der Waals surface area contributed by atoms with Gasteiger partial charge in [0.05, 0.1) is 0 Å². The van der Waals surface area contributed by atoms with E-state index in [9.17, 15) is 13.6 Å². The van der Waals surface area contributed by atoms with Crippen molar-refractivity contribution in [1.82, 2.24) is 0 Å². The van der Waals surface area contributed by atoms with Crippen molar-refractivity contribution in [3.05, 3.63) is 34.9 Å². The van der Waals surface area contributed by atoms with Gasteiger partial charge in [-0.25, -0.2) is 8.78 Å². The molecule has 0 heterocycles. The van der Waals surface area contributed by atoms with E-state index in [2.05, 4.69) is 0 Å². The molecule has 2 nitrogen and oxygen atoms in total. The quantitative estimate of drug-likeness (QED) is 0.858. The van der Waals surface area contributed by atoms with Gasteiger partial charge in [-0.2, -0.15) is 0 Å². The number of halogens is 2. The van der Waals surface area contributed by atoms with E-state index >= 15 is 0 Å². The summed E-state index contributed by atoms with van der Waals surface area (Å²) in [5.74, 6) is -2.17. The zero-order valence-corrected chi connectivity index (χ0v) is 9.26. The molecule has 16 heavy (non-hydrogen) atoms. The molecule has 1 rings (SSSR count). The number of rotatable bonds is 4. The fourth-order valence-corrected chi connectivity index (χ4v) is 1.53. The van der Waals surface area contributed by atoms with Gasteiger partial charge in [0.2, 0.25) is 0 Å². The molecule has 1 atom stereocenters. The minimum absolute atomic E-state index is 0.0455. The number of benzene rings is 1. The number of hydrogen-bond acceptors (Lipinski definition) is 1. The first-order valence-corrected chi connectivity index (χ1v) is 5.09. The molecule has 0 aliphatic heterocycles. The summed E-state index contributed by atoms with van der Waals surface area (Å²) < 4.78 is 26.7. The smallest absolute Gasteiger partial charge is 0.303 e. The number of aliphatic carboxylic acids is 1. The van der Waals surface area contributed by atoms with Gasteiger partial charge in [-0.3, -0.25) is 4.79 Å². The molecule has 0 spiro atoms. The summed E-state index contributed by atoms with van der Waals surface area (Å²) in [5, 5.41) is 8.51. The van der Waals surface area contributed by atoms with E-state index in [0.29, 0.717) is 6.42 Å². The fraction of sp³-hybridized carbons (Fsp3) is 0.417. The van der Waals surface area contributed by atoms with Gasteiger partial charge in [0.15, 0.2) is 0 Å². The number of aryl methyl sites for hydroxylation is 1. The average Bonchev–Trinajstić information content (AvgIpc) is 2.20. The first-order valence-electron chi connectivity index (χ1n) is 5.09. The van der Waals surface area contributed by atoms with E-state index in [1.165, 1.54) is 6.92 Å². The van der Waals surface area contributed by atoms with Gasteiger partial charge in [-0.05, 0) is 42.5 Å². The first kappa shape index (κ1) is 12.6. The van der Waals surface area contributed by atoms with E-state index in [0.717, 1.165) is 12.1 Å². The van der Waals surface area contributed by atoms with Crippen molar-refractivity contribution in [2.75, 3.05) is 0 Å². The van der Waals surface area contributed by atoms with Crippen molar-refractivity contribution in [2.45, 2.75) is 32.6 Å². The molecule has 4 heteroatoms. The van der Waals surface area contributed by atoms with Gasteiger partial charge in [0.25, 0.3) is 0 Å². The Balaban J connectivity index is 2.86. The van der Waals surface area contributed by atoms with Crippen molar-refractivity contribution in [3.63, 3.8) is 0 Å². The maximum absolute atomic E-state index is 13.5. The van der Waals surface area contributed by atoms with Gasteiger partial charge in [-0.1, -0.05) is 6.92 Å². The zero-order valence-electron chi connectivity index (χ0n) is 9.26.